The fraction of sp³-hybridized carbons (Fsp3) is 0.250. The number of carbonyl (C=O) groups excluding carboxylic acids is 2. The first-order valence-corrected chi connectivity index (χ1v) is 10.8. The van der Waals surface area contributed by atoms with Crippen LogP contribution in [0.2, 0.25) is 0 Å². The largest absolute Gasteiger partial charge is 0.353 e. The monoisotopic (exact) mass is 466 g/mol. The number of carbonyl (C=O) groups is 2. The first kappa shape index (κ1) is 25.9. The number of hydrogen-bond acceptors (Lipinski definition) is 6. The van der Waals surface area contributed by atoms with Crippen molar-refractivity contribution in [3.8, 4) is 0 Å². The van der Waals surface area contributed by atoms with Crippen molar-refractivity contribution in [1.29, 1.82) is 0 Å². The van der Waals surface area contributed by atoms with E-state index in [1.807, 2.05) is 0 Å². The lowest BCUT2D eigenvalue weighted by Gasteiger charge is -2.04. The summed E-state index contributed by atoms with van der Waals surface area (Å²) >= 11 is 0. The van der Waals surface area contributed by atoms with Gasteiger partial charge >= 0.3 is 0 Å². The number of nitrogens with zero attached hydrogens (tertiary/aromatic N) is 2. The average Bonchev–Trinajstić information content (AvgIpc) is 2.83. The molecule has 0 aliphatic heterocycles. The van der Waals surface area contributed by atoms with Crippen LogP contribution < -0.4 is 10.6 Å². The molecule has 2 aromatic rings. The lowest BCUT2D eigenvalue weighted by Crippen LogP contribution is -2.23. The Morgan fingerprint density at radius 1 is 0.647 bits per heavy atom. The maximum Gasteiger partial charge on any atom is 0.269 e. The molecule has 2 aromatic carbocycles. The number of nitrogens with one attached hydrogen (secondary N) is 2. The van der Waals surface area contributed by atoms with Gasteiger partial charge in [-0.05, 0) is 60.4 Å². The van der Waals surface area contributed by atoms with Crippen molar-refractivity contribution in [3.63, 3.8) is 0 Å². The van der Waals surface area contributed by atoms with Crippen LogP contribution in [0.4, 0.5) is 11.4 Å². The molecule has 0 heterocycles. The molecule has 0 saturated heterocycles. The summed E-state index contributed by atoms with van der Waals surface area (Å²) in [4.78, 5) is 43.9. The lowest BCUT2D eigenvalue weighted by atomic mass is 10.2. The summed E-state index contributed by atoms with van der Waals surface area (Å²) in [6, 6.07) is 11.8. The van der Waals surface area contributed by atoms with Gasteiger partial charge in [-0.3, -0.25) is 29.8 Å². The summed E-state index contributed by atoms with van der Waals surface area (Å²) in [5.74, 6) is -0.462. The first-order chi connectivity index (χ1) is 16.3. The highest BCUT2D eigenvalue weighted by atomic mass is 16.6. The minimum atomic E-state index is -0.476. The van der Waals surface area contributed by atoms with Crippen LogP contribution in [-0.2, 0) is 9.59 Å². The second kappa shape index (κ2) is 13.9. The third-order valence-electron chi connectivity index (χ3n) is 4.76. The van der Waals surface area contributed by atoms with Crippen molar-refractivity contribution < 1.29 is 19.4 Å². The van der Waals surface area contributed by atoms with E-state index in [0.717, 1.165) is 25.7 Å². The Hall–Kier alpha value is -4.34. The van der Waals surface area contributed by atoms with Crippen molar-refractivity contribution in [2.75, 3.05) is 13.1 Å². The van der Waals surface area contributed by atoms with E-state index in [0.29, 0.717) is 24.2 Å². The Morgan fingerprint density at radius 3 is 1.32 bits per heavy atom. The van der Waals surface area contributed by atoms with E-state index >= 15 is 0 Å². The summed E-state index contributed by atoms with van der Waals surface area (Å²) in [6.45, 7) is 1.07. The second-order valence-corrected chi connectivity index (χ2v) is 7.36. The van der Waals surface area contributed by atoms with E-state index in [2.05, 4.69) is 10.6 Å². The zero-order valence-corrected chi connectivity index (χ0v) is 18.5. The number of benzene rings is 2. The van der Waals surface area contributed by atoms with Gasteiger partial charge in [0.15, 0.2) is 0 Å². The Morgan fingerprint density at radius 2 is 1.00 bits per heavy atom. The van der Waals surface area contributed by atoms with Crippen LogP contribution in [0.25, 0.3) is 12.2 Å². The number of amides is 2. The predicted octanol–water partition coefficient (Wildman–Crippen LogP) is 4.02. The SMILES string of the molecule is O=C(/C=C/c1ccc([N+](=O)[O-])cc1)NCCCCCCNC(=O)/C=C/c1ccc([N+](=O)[O-])cc1. The number of unbranched alkanes of at least 4 members (excludes halogenated alkanes) is 3. The summed E-state index contributed by atoms with van der Waals surface area (Å²) in [5.41, 5.74) is 1.40. The van der Waals surface area contributed by atoms with Crippen LogP contribution in [0.3, 0.4) is 0 Å². The van der Waals surface area contributed by atoms with Crippen molar-refractivity contribution in [2.45, 2.75) is 25.7 Å². The zero-order chi connectivity index (χ0) is 24.8. The van der Waals surface area contributed by atoms with Crippen LogP contribution in [0, 0.1) is 20.2 Å². The van der Waals surface area contributed by atoms with E-state index in [9.17, 15) is 29.8 Å². The van der Waals surface area contributed by atoms with Crippen molar-refractivity contribution in [3.05, 3.63) is 92.0 Å². The molecule has 0 fully saturated rings. The second-order valence-electron chi connectivity index (χ2n) is 7.36. The first-order valence-electron chi connectivity index (χ1n) is 10.8. The molecule has 0 aromatic heterocycles. The molecule has 2 amide bonds. The van der Waals surface area contributed by atoms with Gasteiger partial charge in [0, 0.05) is 49.5 Å². The number of nitro groups is 2. The molecular formula is C24H26N4O6. The molecule has 0 radical (unpaired) electrons. The Bertz CT molecular complexity index is 961. The molecule has 2 rings (SSSR count). The Labute approximate surface area is 196 Å². The molecule has 10 nitrogen and oxygen atoms in total. The van der Waals surface area contributed by atoms with Crippen LogP contribution in [0.1, 0.15) is 36.8 Å². The van der Waals surface area contributed by atoms with Gasteiger partial charge < -0.3 is 10.6 Å². The molecule has 0 aliphatic rings. The third-order valence-corrected chi connectivity index (χ3v) is 4.76. The van der Waals surface area contributed by atoms with Crippen LogP contribution >= 0.6 is 0 Å². The van der Waals surface area contributed by atoms with Crippen molar-refractivity contribution in [1.82, 2.24) is 10.6 Å². The molecular weight excluding hydrogens is 440 g/mol. The van der Waals surface area contributed by atoms with Crippen LogP contribution in [0.15, 0.2) is 60.7 Å². The van der Waals surface area contributed by atoms with E-state index in [1.54, 1.807) is 36.4 Å². The number of rotatable bonds is 13. The van der Waals surface area contributed by atoms with E-state index in [4.69, 9.17) is 0 Å². The van der Waals surface area contributed by atoms with Gasteiger partial charge in [0.1, 0.15) is 0 Å². The molecule has 0 spiro atoms. The van der Waals surface area contributed by atoms with Gasteiger partial charge in [-0.1, -0.05) is 12.8 Å². The number of hydrogen-bond donors (Lipinski definition) is 2. The minimum absolute atomic E-state index is 0.000111. The standard InChI is InChI=1S/C24H26N4O6/c29-23(15-9-19-5-11-21(12-6-19)27(31)32)25-17-3-1-2-4-18-26-24(30)16-10-20-7-13-22(14-8-20)28(33)34/h5-16H,1-4,17-18H2,(H,25,29)(H,26,30)/b15-9+,16-10+. The van der Waals surface area contributed by atoms with Crippen molar-refractivity contribution >= 4 is 35.3 Å². The maximum atomic E-state index is 11.8. The lowest BCUT2D eigenvalue weighted by molar-refractivity contribution is -0.385. The summed E-state index contributed by atoms with van der Waals surface area (Å²) in [6.07, 6.45) is 9.40. The third kappa shape index (κ3) is 9.86. The van der Waals surface area contributed by atoms with Gasteiger partial charge in [0.25, 0.3) is 11.4 Å². The zero-order valence-electron chi connectivity index (χ0n) is 18.5. The molecule has 34 heavy (non-hydrogen) atoms. The number of non-ortho nitro benzene ring substituents is 2. The fourth-order valence-corrected chi connectivity index (χ4v) is 2.90. The van der Waals surface area contributed by atoms with Crippen molar-refractivity contribution in [2.24, 2.45) is 0 Å². The molecule has 10 heteroatoms. The summed E-state index contributed by atoms with van der Waals surface area (Å²) < 4.78 is 0. The van der Waals surface area contributed by atoms with Crippen LogP contribution in [0.5, 0.6) is 0 Å². The highest BCUT2D eigenvalue weighted by Gasteiger charge is 2.04. The Balaban J connectivity index is 1.52. The molecule has 0 unspecified atom stereocenters. The normalized spacial score (nSPS) is 10.9. The van der Waals surface area contributed by atoms with Gasteiger partial charge in [0.05, 0.1) is 9.85 Å². The average molecular weight is 466 g/mol. The topological polar surface area (TPSA) is 144 Å². The molecule has 2 N–H and O–H groups in total. The molecule has 178 valence electrons. The molecule has 0 bridgehead atoms. The highest BCUT2D eigenvalue weighted by Crippen LogP contribution is 2.13. The highest BCUT2D eigenvalue weighted by molar-refractivity contribution is 5.92. The summed E-state index contributed by atoms with van der Waals surface area (Å²) in [5, 5.41) is 26.8. The fourth-order valence-electron chi connectivity index (χ4n) is 2.90. The van der Waals surface area contributed by atoms with E-state index in [1.165, 1.54) is 36.4 Å². The Kier molecular flexibility index (Phi) is 10.6. The quantitative estimate of drug-likeness (QED) is 0.197. The smallest absolute Gasteiger partial charge is 0.269 e. The minimum Gasteiger partial charge on any atom is -0.353 e. The molecule has 0 saturated carbocycles. The molecule has 0 atom stereocenters. The number of nitro benzene ring substituents is 2. The van der Waals surface area contributed by atoms with E-state index in [-0.39, 0.29) is 23.2 Å². The van der Waals surface area contributed by atoms with Gasteiger partial charge in [-0.25, -0.2) is 0 Å². The maximum absolute atomic E-state index is 11.8. The van der Waals surface area contributed by atoms with Gasteiger partial charge in [-0.15, -0.1) is 0 Å². The van der Waals surface area contributed by atoms with Gasteiger partial charge in [-0.2, -0.15) is 0 Å². The summed E-state index contributed by atoms with van der Waals surface area (Å²) in [7, 11) is 0. The molecule has 0 aliphatic carbocycles. The van der Waals surface area contributed by atoms with E-state index < -0.39 is 9.85 Å². The van der Waals surface area contributed by atoms with Crippen LogP contribution in [-0.4, -0.2) is 34.8 Å². The predicted molar refractivity (Wildman–Crippen MR) is 129 cm³/mol. The van der Waals surface area contributed by atoms with Gasteiger partial charge in [0.2, 0.25) is 11.8 Å².